The first-order valence-corrected chi connectivity index (χ1v) is 7.43. The number of para-hydroxylation sites is 1. The Morgan fingerprint density at radius 2 is 1.58 bits per heavy atom. The predicted octanol–water partition coefficient (Wildman–Crippen LogP) is 3.43. The van der Waals surface area contributed by atoms with E-state index in [-0.39, 0.29) is 11.1 Å². The van der Waals surface area contributed by atoms with E-state index >= 15 is 0 Å². The molecule has 24 heavy (non-hydrogen) atoms. The number of aryl methyl sites for hydroxylation is 1. The number of amides is 1. The van der Waals surface area contributed by atoms with E-state index in [9.17, 15) is 9.59 Å². The lowest BCUT2D eigenvalue weighted by Crippen LogP contribution is -2.26. The maximum atomic E-state index is 12.2. The Balaban J connectivity index is 1.71. The Hall–Kier alpha value is -3.34. The lowest BCUT2D eigenvalue weighted by molar-refractivity contribution is 0.102. The fourth-order valence-electron chi connectivity index (χ4n) is 2.20. The molecule has 0 bridgehead atoms. The molecule has 5 nitrogen and oxygen atoms in total. The first kappa shape index (κ1) is 15.6. The molecule has 0 unspecified atom stereocenters. The average molecular weight is 320 g/mol. The van der Waals surface area contributed by atoms with E-state index in [4.69, 9.17) is 4.74 Å². The van der Waals surface area contributed by atoms with Crippen LogP contribution in [-0.2, 0) is 7.05 Å². The summed E-state index contributed by atoms with van der Waals surface area (Å²) in [6.07, 6.45) is 1.61. The molecule has 3 aromatic rings. The molecule has 1 heterocycles. The second-order valence-corrected chi connectivity index (χ2v) is 5.23. The molecule has 1 aromatic heterocycles. The Labute approximate surface area is 139 Å². The summed E-state index contributed by atoms with van der Waals surface area (Å²) in [5, 5.41) is 2.71. The monoisotopic (exact) mass is 320 g/mol. The molecule has 0 fully saturated rings. The summed E-state index contributed by atoms with van der Waals surface area (Å²) in [6.45, 7) is 0. The third-order valence-corrected chi connectivity index (χ3v) is 3.46. The molecule has 1 N–H and O–H groups in total. The maximum absolute atomic E-state index is 12.2. The summed E-state index contributed by atoms with van der Waals surface area (Å²) in [6, 6.07) is 19.6. The fourth-order valence-corrected chi connectivity index (χ4v) is 2.20. The molecule has 120 valence electrons. The minimum Gasteiger partial charge on any atom is -0.457 e. The SMILES string of the molecule is Cn1cccc(C(=O)Nc2ccc(Oc3ccccc3)cc2)c1=O. The van der Waals surface area contributed by atoms with E-state index in [2.05, 4.69) is 5.32 Å². The summed E-state index contributed by atoms with van der Waals surface area (Å²) in [5.74, 6) is 0.963. The van der Waals surface area contributed by atoms with Gasteiger partial charge in [-0.2, -0.15) is 0 Å². The van der Waals surface area contributed by atoms with Crippen LogP contribution in [0, 0.1) is 0 Å². The first-order chi connectivity index (χ1) is 11.6. The molecule has 0 atom stereocenters. The van der Waals surface area contributed by atoms with Gasteiger partial charge in [-0.25, -0.2) is 0 Å². The number of carbonyl (C=O) groups excluding carboxylic acids is 1. The number of carbonyl (C=O) groups is 1. The zero-order valence-corrected chi connectivity index (χ0v) is 13.1. The average Bonchev–Trinajstić information content (AvgIpc) is 2.60. The standard InChI is InChI=1S/C19H16N2O3/c1-21-13-5-8-17(19(21)23)18(22)20-14-9-11-16(12-10-14)24-15-6-3-2-4-7-15/h2-13H,1H3,(H,20,22). The van der Waals surface area contributed by atoms with Crippen molar-refractivity contribution in [1.29, 1.82) is 0 Å². The third kappa shape index (κ3) is 3.52. The van der Waals surface area contributed by atoms with Gasteiger partial charge in [-0.1, -0.05) is 18.2 Å². The van der Waals surface area contributed by atoms with Gasteiger partial charge in [0.15, 0.2) is 0 Å². The quantitative estimate of drug-likeness (QED) is 0.801. The van der Waals surface area contributed by atoms with Gasteiger partial charge in [0.25, 0.3) is 11.5 Å². The summed E-state index contributed by atoms with van der Waals surface area (Å²) in [4.78, 5) is 24.1. The van der Waals surface area contributed by atoms with Crippen LogP contribution in [0.1, 0.15) is 10.4 Å². The van der Waals surface area contributed by atoms with Crippen molar-refractivity contribution >= 4 is 11.6 Å². The van der Waals surface area contributed by atoms with E-state index < -0.39 is 5.91 Å². The number of rotatable bonds is 4. The van der Waals surface area contributed by atoms with Gasteiger partial charge in [0, 0.05) is 18.9 Å². The molecule has 0 spiro atoms. The second-order valence-electron chi connectivity index (χ2n) is 5.23. The number of pyridine rings is 1. The van der Waals surface area contributed by atoms with E-state index in [0.717, 1.165) is 5.75 Å². The van der Waals surface area contributed by atoms with E-state index in [1.54, 1.807) is 43.6 Å². The van der Waals surface area contributed by atoms with Gasteiger partial charge in [-0.05, 0) is 48.5 Å². The Kier molecular flexibility index (Phi) is 4.43. The van der Waals surface area contributed by atoms with Crippen LogP contribution in [0.25, 0.3) is 0 Å². The highest BCUT2D eigenvalue weighted by Gasteiger charge is 2.11. The lowest BCUT2D eigenvalue weighted by atomic mass is 10.2. The molecule has 0 aliphatic heterocycles. The molecule has 0 radical (unpaired) electrons. The van der Waals surface area contributed by atoms with Crippen LogP contribution in [0.3, 0.4) is 0 Å². The van der Waals surface area contributed by atoms with Crippen molar-refractivity contribution in [3.05, 3.63) is 88.8 Å². The maximum Gasteiger partial charge on any atom is 0.263 e. The summed E-state index contributed by atoms with van der Waals surface area (Å²) in [7, 11) is 1.61. The predicted molar refractivity (Wildman–Crippen MR) is 92.6 cm³/mol. The first-order valence-electron chi connectivity index (χ1n) is 7.43. The van der Waals surface area contributed by atoms with Crippen molar-refractivity contribution in [2.45, 2.75) is 0 Å². The third-order valence-electron chi connectivity index (χ3n) is 3.46. The van der Waals surface area contributed by atoms with Crippen molar-refractivity contribution < 1.29 is 9.53 Å². The fraction of sp³-hybridized carbons (Fsp3) is 0.0526. The molecule has 2 aromatic carbocycles. The minimum atomic E-state index is -0.437. The Bertz CT molecular complexity index is 900. The molecular weight excluding hydrogens is 304 g/mol. The zero-order valence-electron chi connectivity index (χ0n) is 13.1. The van der Waals surface area contributed by atoms with Gasteiger partial charge in [0.2, 0.25) is 0 Å². The number of aromatic nitrogens is 1. The van der Waals surface area contributed by atoms with E-state index in [1.165, 1.54) is 10.6 Å². The van der Waals surface area contributed by atoms with Gasteiger partial charge in [0.1, 0.15) is 17.1 Å². The number of nitrogens with one attached hydrogen (secondary N) is 1. The van der Waals surface area contributed by atoms with Gasteiger partial charge in [-0.15, -0.1) is 0 Å². The number of hydrogen-bond donors (Lipinski definition) is 1. The van der Waals surface area contributed by atoms with Crippen LogP contribution in [0.5, 0.6) is 11.5 Å². The Morgan fingerprint density at radius 3 is 2.29 bits per heavy atom. The van der Waals surface area contributed by atoms with Crippen LogP contribution in [0.15, 0.2) is 77.7 Å². The van der Waals surface area contributed by atoms with Crippen LogP contribution >= 0.6 is 0 Å². The minimum absolute atomic E-state index is 0.101. The smallest absolute Gasteiger partial charge is 0.263 e. The van der Waals surface area contributed by atoms with Gasteiger partial charge in [0.05, 0.1) is 0 Å². The van der Waals surface area contributed by atoms with Crippen LogP contribution in [0.4, 0.5) is 5.69 Å². The van der Waals surface area contributed by atoms with Crippen molar-refractivity contribution in [3.63, 3.8) is 0 Å². The number of anilines is 1. The molecule has 3 rings (SSSR count). The highest BCUT2D eigenvalue weighted by atomic mass is 16.5. The number of ether oxygens (including phenoxy) is 1. The van der Waals surface area contributed by atoms with Gasteiger partial charge >= 0.3 is 0 Å². The van der Waals surface area contributed by atoms with Gasteiger partial charge in [-0.3, -0.25) is 9.59 Å². The Morgan fingerprint density at radius 1 is 0.917 bits per heavy atom. The molecule has 0 aliphatic carbocycles. The van der Waals surface area contributed by atoms with Crippen LogP contribution in [0.2, 0.25) is 0 Å². The number of benzene rings is 2. The van der Waals surface area contributed by atoms with Crippen molar-refractivity contribution in [2.75, 3.05) is 5.32 Å². The van der Waals surface area contributed by atoms with Crippen molar-refractivity contribution in [1.82, 2.24) is 4.57 Å². The molecule has 0 saturated heterocycles. The van der Waals surface area contributed by atoms with E-state index in [0.29, 0.717) is 11.4 Å². The number of hydrogen-bond acceptors (Lipinski definition) is 3. The molecule has 0 aliphatic rings. The summed E-state index contributed by atoms with van der Waals surface area (Å²) >= 11 is 0. The number of nitrogens with zero attached hydrogens (tertiary/aromatic N) is 1. The zero-order chi connectivity index (χ0) is 16.9. The second kappa shape index (κ2) is 6.83. The normalized spacial score (nSPS) is 10.2. The van der Waals surface area contributed by atoms with Crippen molar-refractivity contribution in [2.24, 2.45) is 7.05 Å². The van der Waals surface area contributed by atoms with Crippen LogP contribution < -0.4 is 15.6 Å². The largest absolute Gasteiger partial charge is 0.457 e. The topological polar surface area (TPSA) is 60.3 Å². The van der Waals surface area contributed by atoms with Crippen molar-refractivity contribution in [3.8, 4) is 11.5 Å². The summed E-state index contributed by atoms with van der Waals surface area (Å²) in [5.41, 5.74) is 0.356. The summed E-state index contributed by atoms with van der Waals surface area (Å²) < 4.78 is 7.06. The highest BCUT2D eigenvalue weighted by molar-refractivity contribution is 6.03. The molecule has 1 amide bonds. The molecule has 5 heteroatoms. The van der Waals surface area contributed by atoms with Gasteiger partial charge < -0.3 is 14.6 Å². The molecule has 0 saturated carbocycles. The lowest BCUT2D eigenvalue weighted by Gasteiger charge is -2.08. The molecular formula is C19H16N2O3. The van der Waals surface area contributed by atoms with E-state index in [1.807, 2.05) is 30.3 Å². The van der Waals surface area contributed by atoms with Crippen LogP contribution in [-0.4, -0.2) is 10.5 Å². The highest BCUT2D eigenvalue weighted by Crippen LogP contribution is 2.22.